The van der Waals surface area contributed by atoms with Crippen molar-refractivity contribution < 1.29 is 19.1 Å². The van der Waals surface area contributed by atoms with Gasteiger partial charge in [-0.3, -0.25) is 14.2 Å². The number of anilines is 1. The van der Waals surface area contributed by atoms with Gasteiger partial charge in [-0.25, -0.2) is 4.79 Å². The molecule has 1 fully saturated rings. The fraction of sp³-hybridized carbons (Fsp3) is 0.458. The molecule has 0 aliphatic carbocycles. The highest BCUT2D eigenvalue weighted by atomic mass is 32.1. The summed E-state index contributed by atoms with van der Waals surface area (Å²) >= 11 is 1.18. The van der Waals surface area contributed by atoms with Crippen LogP contribution in [0.25, 0.3) is 12.2 Å². The van der Waals surface area contributed by atoms with Gasteiger partial charge in [-0.1, -0.05) is 12.1 Å². The third-order valence-corrected chi connectivity index (χ3v) is 6.50. The van der Waals surface area contributed by atoms with E-state index in [2.05, 4.69) is 18.7 Å². The topological polar surface area (TPSA) is 81.1 Å². The maximum absolute atomic E-state index is 13.2. The smallest absolute Gasteiger partial charge is 0.333 e. The minimum atomic E-state index is -0.540. The van der Waals surface area contributed by atoms with Crippen LogP contribution < -0.4 is 19.7 Å². The lowest BCUT2D eigenvalue weighted by Gasteiger charge is -2.26. The van der Waals surface area contributed by atoms with Gasteiger partial charge in [0.25, 0.3) is 5.56 Å². The minimum Gasteiger partial charge on any atom is -0.463 e. The van der Waals surface area contributed by atoms with E-state index in [1.165, 1.54) is 22.0 Å². The van der Waals surface area contributed by atoms with Crippen LogP contribution in [-0.2, 0) is 25.6 Å². The predicted octanol–water partition coefficient (Wildman–Crippen LogP) is 0.787. The first kappa shape index (κ1) is 24.7. The number of ether oxygens (including phenoxy) is 2. The molecule has 0 saturated carbocycles. The van der Waals surface area contributed by atoms with Crippen LogP contribution in [0.3, 0.4) is 0 Å². The lowest BCUT2D eigenvalue weighted by atomic mass is 10.2. The number of morpholine rings is 1. The van der Waals surface area contributed by atoms with E-state index in [-0.39, 0.29) is 24.6 Å². The molecule has 1 saturated heterocycles. The molecule has 1 aromatic heterocycles. The largest absolute Gasteiger partial charge is 0.463 e. The van der Waals surface area contributed by atoms with Gasteiger partial charge in [0.15, 0.2) is 0 Å². The fourth-order valence-corrected chi connectivity index (χ4v) is 4.68. The van der Waals surface area contributed by atoms with Gasteiger partial charge >= 0.3 is 5.97 Å². The molecule has 0 radical (unpaired) electrons. The standard InChI is InChI=1S/C24H31N3O5S/c1-4-25(5-2)19-9-7-18(8-10-19)15-20-24(30)27(22(33-20)16-23(29)32-6-3)17-21(28)26-11-13-31-14-12-26/h7-10,15-16H,4-6,11-14,17H2,1-3H3/b20-15-,22-16-. The molecule has 3 rings (SSSR count). The Labute approximate surface area is 197 Å². The quantitative estimate of drug-likeness (QED) is 0.528. The summed E-state index contributed by atoms with van der Waals surface area (Å²) in [5.41, 5.74) is 1.69. The summed E-state index contributed by atoms with van der Waals surface area (Å²) < 4.78 is 12.5. The number of carbonyl (C=O) groups excluding carboxylic acids is 2. The van der Waals surface area contributed by atoms with Gasteiger partial charge in [0.1, 0.15) is 11.2 Å². The van der Waals surface area contributed by atoms with Crippen molar-refractivity contribution in [1.82, 2.24) is 9.47 Å². The molecule has 1 aliphatic rings. The Bertz CT molecular complexity index is 1130. The Morgan fingerprint density at radius 3 is 2.39 bits per heavy atom. The maximum atomic E-state index is 13.2. The molecule has 1 aromatic carbocycles. The van der Waals surface area contributed by atoms with E-state index in [1.54, 1.807) is 17.9 Å². The molecule has 9 heteroatoms. The van der Waals surface area contributed by atoms with Crippen molar-refractivity contribution >= 4 is 41.1 Å². The van der Waals surface area contributed by atoms with Crippen LogP contribution >= 0.6 is 11.3 Å². The van der Waals surface area contributed by atoms with Crippen LogP contribution in [0.5, 0.6) is 0 Å². The number of carbonyl (C=O) groups is 2. The van der Waals surface area contributed by atoms with E-state index in [4.69, 9.17) is 9.47 Å². The molecule has 0 bridgehead atoms. The summed E-state index contributed by atoms with van der Waals surface area (Å²) in [6, 6.07) is 7.98. The summed E-state index contributed by atoms with van der Waals surface area (Å²) in [6.45, 7) is 9.82. The molecule has 0 atom stereocenters. The summed E-state index contributed by atoms with van der Waals surface area (Å²) in [5, 5.41) is 0. The highest BCUT2D eigenvalue weighted by Gasteiger charge is 2.19. The van der Waals surface area contributed by atoms with E-state index >= 15 is 0 Å². The Kier molecular flexibility index (Phi) is 8.85. The molecule has 2 aromatic rings. The molecule has 8 nitrogen and oxygen atoms in total. The van der Waals surface area contributed by atoms with Crippen molar-refractivity contribution in [3.63, 3.8) is 0 Å². The van der Waals surface area contributed by atoms with Gasteiger partial charge in [-0.2, -0.15) is 0 Å². The van der Waals surface area contributed by atoms with Crippen LogP contribution in [0.2, 0.25) is 0 Å². The number of benzene rings is 1. The molecular weight excluding hydrogens is 442 g/mol. The van der Waals surface area contributed by atoms with E-state index in [0.717, 1.165) is 24.3 Å². The zero-order chi connectivity index (χ0) is 23.8. The second-order valence-electron chi connectivity index (χ2n) is 7.49. The number of rotatable bonds is 8. The van der Waals surface area contributed by atoms with Gasteiger partial charge in [-0.05, 0) is 44.5 Å². The fourth-order valence-electron chi connectivity index (χ4n) is 3.65. The van der Waals surface area contributed by atoms with Crippen LogP contribution in [-0.4, -0.2) is 67.3 Å². The first-order valence-corrected chi connectivity index (χ1v) is 12.1. The summed E-state index contributed by atoms with van der Waals surface area (Å²) in [4.78, 5) is 42.0. The summed E-state index contributed by atoms with van der Waals surface area (Å²) in [5.74, 6) is -0.715. The first-order valence-electron chi connectivity index (χ1n) is 11.3. The SMILES string of the molecule is CCOC(=O)/C=c1\s/c(=C\c2ccc(N(CC)CC)cc2)c(=O)n1CC(=O)N1CCOCC1. The number of aromatic nitrogens is 1. The Hall–Kier alpha value is -2.91. The average Bonchev–Trinajstić information content (AvgIpc) is 3.10. The number of nitrogens with zero attached hydrogens (tertiary/aromatic N) is 3. The maximum Gasteiger partial charge on any atom is 0.333 e. The number of hydrogen-bond acceptors (Lipinski definition) is 7. The normalized spacial score (nSPS) is 15.1. The summed E-state index contributed by atoms with van der Waals surface area (Å²) in [7, 11) is 0. The van der Waals surface area contributed by atoms with Crippen molar-refractivity contribution in [2.24, 2.45) is 0 Å². The predicted molar refractivity (Wildman–Crippen MR) is 130 cm³/mol. The van der Waals surface area contributed by atoms with E-state index in [1.807, 2.05) is 24.3 Å². The number of esters is 1. The average molecular weight is 474 g/mol. The van der Waals surface area contributed by atoms with Crippen molar-refractivity contribution in [3.8, 4) is 0 Å². The van der Waals surface area contributed by atoms with Gasteiger partial charge in [-0.15, -0.1) is 11.3 Å². The van der Waals surface area contributed by atoms with Crippen molar-refractivity contribution in [3.05, 3.63) is 49.4 Å². The monoisotopic (exact) mass is 473 g/mol. The highest BCUT2D eigenvalue weighted by Crippen LogP contribution is 2.15. The van der Waals surface area contributed by atoms with Crippen molar-refractivity contribution in [1.29, 1.82) is 0 Å². The number of thiazole rings is 1. The first-order chi connectivity index (χ1) is 16.0. The second-order valence-corrected chi connectivity index (χ2v) is 8.56. The van der Waals surface area contributed by atoms with E-state index in [9.17, 15) is 14.4 Å². The molecule has 1 aliphatic heterocycles. The third kappa shape index (κ3) is 6.33. The Morgan fingerprint density at radius 1 is 1.12 bits per heavy atom. The molecule has 1 amide bonds. The van der Waals surface area contributed by atoms with Crippen LogP contribution in [0.1, 0.15) is 26.3 Å². The van der Waals surface area contributed by atoms with E-state index < -0.39 is 5.97 Å². The molecule has 33 heavy (non-hydrogen) atoms. The Morgan fingerprint density at radius 2 is 1.79 bits per heavy atom. The molecule has 0 unspecified atom stereocenters. The number of amides is 1. The molecule has 178 valence electrons. The van der Waals surface area contributed by atoms with Gasteiger partial charge in [0, 0.05) is 31.9 Å². The molecule has 0 N–H and O–H groups in total. The van der Waals surface area contributed by atoms with Gasteiger partial charge in [0.05, 0.1) is 30.4 Å². The van der Waals surface area contributed by atoms with Gasteiger partial charge in [0.2, 0.25) is 5.91 Å². The minimum absolute atomic E-state index is 0.130. The molecular formula is C24H31N3O5S. The molecule has 2 heterocycles. The van der Waals surface area contributed by atoms with Crippen LogP contribution in [0, 0.1) is 0 Å². The Balaban J connectivity index is 1.97. The second kappa shape index (κ2) is 11.8. The lowest BCUT2D eigenvalue weighted by molar-refractivity contribution is -0.136. The van der Waals surface area contributed by atoms with Crippen LogP contribution in [0.15, 0.2) is 29.1 Å². The molecule has 0 spiro atoms. The lowest BCUT2D eigenvalue weighted by Crippen LogP contribution is -2.45. The van der Waals surface area contributed by atoms with Crippen molar-refractivity contribution in [2.45, 2.75) is 27.3 Å². The number of hydrogen-bond donors (Lipinski definition) is 0. The zero-order valence-electron chi connectivity index (χ0n) is 19.4. The van der Waals surface area contributed by atoms with Crippen LogP contribution in [0.4, 0.5) is 5.69 Å². The zero-order valence-corrected chi connectivity index (χ0v) is 20.2. The van der Waals surface area contributed by atoms with Gasteiger partial charge < -0.3 is 19.3 Å². The summed E-state index contributed by atoms with van der Waals surface area (Å²) in [6.07, 6.45) is 3.07. The van der Waals surface area contributed by atoms with E-state index in [0.29, 0.717) is 35.5 Å². The van der Waals surface area contributed by atoms with Crippen molar-refractivity contribution in [2.75, 3.05) is 50.9 Å². The third-order valence-electron chi connectivity index (χ3n) is 5.44. The highest BCUT2D eigenvalue weighted by molar-refractivity contribution is 7.07.